The Hall–Kier alpha value is -2.01. The van der Waals surface area contributed by atoms with Crippen LogP contribution in [0.3, 0.4) is 0 Å². The van der Waals surface area contributed by atoms with Gasteiger partial charge in [-0.05, 0) is 67.9 Å². The van der Waals surface area contributed by atoms with Crippen LogP contribution < -0.4 is 9.47 Å². The molecule has 1 aromatic carbocycles. The van der Waals surface area contributed by atoms with Gasteiger partial charge in [0.05, 0.1) is 12.7 Å². The van der Waals surface area contributed by atoms with Crippen LogP contribution in [0.1, 0.15) is 62.7 Å². The number of hydrogen-bond donors (Lipinski definition) is 0. The van der Waals surface area contributed by atoms with E-state index in [0.717, 1.165) is 76.0 Å². The maximum absolute atomic E-state index is 13.1. The van der Waals surface area contributed by atoms with Gasteiger partial charge in [-0.1, -0.05) is 25.5 Å². The van der Waals surface area contributed by atoms with E-state index in [2.05, 4.69) is 24.8 Å². The average molecular weight is 439 g/mol. The molecular weight excluding hydrogens is 400 g/mol. The maximum Gasteiger partial charge on any atom is 0.257 e. The summed E-state index contributed by atoms with van der Waals surface area (Å²) in [5.74, 6) is 3.18. The van der Waals surface area contributed by atoms with E-state index >= 15 is 0 Å². The average Bonchev–Trinajstić information content (AvgIpc) is 3.35. The van der Waals surface area contributed by atoms with Gasteiger partial charge in [0.15, 0.2) is 0 Å². The number of allylic oxidation sites excluding steroid dienone is 1. The number of hydrogen-bond acceptors (Lipinski definition) is 4. The zero-order valence-electron chi connectivity index (χ0n) is 19.9. The summed E-state index contributed by atoms with van der Waals surface area (Å²) in [4.78, 5) is 17.6. The fourth-order valence-electron chi connectivity index (χ4n) is 6.27. The lowest BCUT2D eigenvalue weighted by molar-refractivity contribution is -0.0123. The third kappa shape index (κ3) is 4.05. The summed E-state index contributed by atoms with van der Waals surface area (Å²) in [5.41, 5.74) is 2.84. The molecule has 0 aromatic heterocycles. The molecule has 5 nitrogen and oxygen atoms in total. The van der Waals surface area contributed by atoms with Crippen LogP contribution in [-0.2, 0) is 0 Å². The van der Waals surface area contributed by atoms with Crippen molar-refractivity contribution in [1.82, 2.24) is 9.80 Å². The number of likely N-dealkylation sites (tertiary alicyclic amines) is 2. The zero-order valence-corrected chi connectivity index (χ0v) is 19.9. The van der Waals surface area contributed by atoms with Crippen molar-refractivity contribution in [3.8, 4) is 11.5 Å². The van der Waals surface area contributed by atoms with Crippen LogP contribution in [0.15, 0.2) is 29.8 Å². The summed E-state index contributed by atoms with van der Waals surface area (Å²) in [7, 11) is 1.66. The second-order valence-corrected chi connectivity index (χ2v) is 10.8. The molecule has 1 saturated carbocycles. The van der Waals surface area contributed by atoms with Crippen molar-refractivity contribution in [3.05, 3.63) is 35.4 Å². The first kappa shape index (κ1) is 21.8. The van der Waals surface area contributed by atoms with E-state index in [4.69, 9.17) is 9.47 Å². The summed E-state index contributed by atoms with van der Waals surface area (Å²) < 4.78 is 11.9. The monoisotopic (exact) mass is 438 g/mol. The SMILES string of the molecule is COc1ccc(C(=O)N2CCCC2)c(OC2CCN(CC3=CC[C@H]4C[C@@H]3C4(C)C)CC2)c1. The first-order valence-electron chi connectivity index (χ1n) is 12.5. The fraction of sp³-hybridized carbons (Fsp3) is 0.667. The number of fused-ring (bicyclic) bond motifs is 1. The van der Waals surface area contributed by atoms with E-state index in [0.29, 0.717) is 16.7 Å². The lowest BCUT2D eigenvalue weighted by Crippen LogP contribution is -2.50. The summed E-state index contributed by atoms with van der Waals surface area (Å²) in [6.45, 7) is 9.82. The molecule has 2 heterocycles. The largest absolute Gasteiger partial charge is 0.497 e. The molecular formula is C27H38N2O3. The van der Waals surface area contributed by atoms with E-state index in [-0.39, 0.29) is 12.0 Å². The summed E-state index contributed by atoms with van der Waals surface area (Å²) in [6.07, 6.45) is 9.51. The molecule has 0 unspecified atom stereocenters. The van der Waals surface area contributed by atoms with Crippen molar-refractivity contribution in [3.63, 3.8) is 0 Å². The van der Waals surface area contributed by atoms with Gasteiger partial charge in [0.2, 0.25) is 0 Å². The highest BCUT2D eigenvalue weighted by Crippen LogP contribution is 2.59. The molecule has 2 aliphatic heterocycles. The maximum atomic E-state index is 13.1. The number of benzene rings is 1. The lowest BCUT2D eigenvalue weighted by Gasteiger charge is -2.57. The minimum absolute atomic E-state index is 0.0863. The molecule has 5 aliphatic rings. The van der Waals surface area contributed by atoms with Gasteiger partial charge in [-0.25, -0.2) is 0 Å². The standard InChI is InChI=1S/C27H38N2O3/c1-27(2)20-7-6-19(24(27)16-20)18-28-14-10-21(11-15-28)32-25-17-22(31-3)8-9-23(25)26(30)29-12-4-5-13-29/h6,8-9,17,20-21,24H,4-5,7,10-16,18H2,1-3H3/t20-,24-/m0/s1. The smallest absolute Gasteiger partial charge is 0.257 e. The zero-order chi connectivity index (χ0) is 22.3. The van der Waals surface area contributed by atoms with Crippen LogP contribution in [0.4, 0.5) is 0 Å². The molecule has 6 rings (SSSR count). The van der Waals surface area contributed by atoms with Crippen molar-refractivity contribution in [1.29, 1.82) is 0 Å². The molecule has 174 valence electrons. The molecule has 3 aliphatic carbocycles. The van der Waals surface area contributed by atoms with Crippen molar-refractivity contribution in [2.75, 3.05) is 39.8 Å². The number of carbonyl (C=O) groups is 1. The van der Waals surface area contributed by atoms with Crippen LogP contribution in [0.5, 0.6) is 11.5 Å². The number of amides is 1. The van der Waals surface area contributed by atoms with Gasteiger partial charge in [0, 0.05) is 38.8 Å². The number of carbonyl (C=O) groups excluding carboxylic acids is 1. The Balaban J connectivity index is 1.20. The second-order valence-electron chi connectivity index (χ2n) is 10.8. The Morgan fingerprint density at radius 1 is 1.12 bits per heavy atom. The first-order valence-corrected chi connectivity index (χ1v) is 12.5. The Morgan fingerprint density at radius 2 is 1.88 bits per heavy atom. The summed E-state index contributed by atoms with van der Waals surface area (Å²) >= 11 is 0. The van der Waals surface area contributed by atoms with Crippen LogP contribution in [0.25, 0.3) is 0 Å². The van der Waals surface area contributed by atoms with E-state index in [1.807, 2.05) is 23.1 Å². The summed E-state index contributed by atoms with van der Waals surface area (Å²) in [5, 5.41) is 0. The molecule has 0 N–H and O–H groups in total. The van der Waals surface area contributed by atoms with Gasteiger partial charge in [-0.15, -0.1) is 0 Å². The number of nitrogens with zero attached hydrogens (tertiary/aromatic N) is 2. The third-order valence-corrected chi connectivity index (χ3v) is 8.63. The van der Waals surface area contributed by atoms with Crippen LogP contribution in [0.2, 0.25) is 0 Å². The normalized spacial score (nSPS) is 27.6. The van der Waals surface area contributed by atoms with Crippen LogP contribution >= 0.6 is 0 Å². The Kier molecular flexibility index (Phi) is 5.96. The number of piperidine rings is 1. The van der Waals surface area contributed by atoms with E-state index < -0.39 is 0 Å². The van der Waals surface area contributed by atoms with Crippen molar-refractivity contribution in [2.24, 2.45) is 17.3 Å². The molecule has 3 fully saturated rings. The Labute approximate surface area is 192 Å². The molecule has 0 spiro atoms. The predicted octanol–water partition coefficient (Wildman–Crippen LogP) is 4.77. The molecule has 1 aromatic rings. The molecule has 2 saturated heterocycles. The fourth-order valence-corrected chi connectivity index (χ4v) is 6.27. The summed E-state index contributed by atoms with van der Waals surface area (Å²) in [6, 6.07) is 5.62. The lowest BCUT2D eigenvalue weighted by atomic mass is 9.49. The topological polar surface area (TPSA) is 42.0 Å². The van der Waals surface area contributed by atoms with E-state index in [1.165, 1.54) is 12.8 Å². The van der Waals surface area contributed by atoms with Crippen LogP contribution in [0, 0.1) is 17.3 Å². The predicted molar refractivity (Wildman–Crippen MR) is 126 cm³/mol. The van der Waals surface area contributed by atoms with Gasteiger partial charge in [0.25, 0.3) is 5.91 Å². The van der Waals surface area contributed by atoms with Gasteiger partial charge in [0.1, 0.15) is 17.6 Å². The molecule has 1 amide bonds. The number of methoxy groups -OCH3 is 1. The highest BCUT2D eigenvalue weighted by Gasteiger charge is 2.51. The van der Waals surface area contributed by atoms with Gasteiger partial charge in [-0.3, -0.25) is 9.69 Å². The van der Waals surface area contributed by atoms with E-state index in [9.17, 15) is 4.79 Å². The molecule has 32 heavy (non-hydrogen) atoms. The Bertz CT molecular complexity index is 879. The highest BCUT2D eigenvalue weighted by molar-refractivity contribution is 5.97. The first-order chi connectivity index (χ1) is 15.5. The minimum Gasteiger partial charge on any atom is -0.497 e. The van der Waals surface area contributed by atoms with Crippen molar-refractivity contribution >= 4 is 5.91 Å². The van der Waals surface area contributed by atoms with Crippen LogP contribution in [-0.4, -0.2) is 61.6 Å². The van der Waals surface area contributed by atoms with Gasteiger partial charge >= 0.3 is 0 Å². The third-order valence-electron chi connectivity index (χ3n) is 8.63. The highest BCUT2D eigenvalue weighted by atomic mass is 16.5. The molecule has 0 radical (unpaired) electrons. The number of rotatable bonds is 6. The quantitative estimate of drug-likeness (QED) is 0.600. The van der Waals surface area contributed by atoms with Crippen molar-refractivity contribution < 1.29 is 14.3 Å². The molecule has 5 heteroatoms. The van der Waals surface area contributed by atoms with E-state index in [1.54, 1.807) is 12.7 Å². The molecule has 2 bridgehead atoms. The number of ether oxygens (including phenoxy) is 2. The Morgan fingerprint density at radius 3 is 2.53 bits per heavy atom. The van der Waals surface area contributed by atoms with Crippen molar-refractivity contribution in [2.45, 2.75) is 58.5 Å². The van der Waals surface area contributed by atoms with Gasteiger partial charge < -0.3 is 14.4 Å². The molecule has 2 atom stereocenters. The second kappa shape index (κ2) is 8.74. The van der Waals surface area contributed by atoms with Gasteiger partial charge in [-0.2, -0.15) is 0 Å². The minimum atomic E-state index is 0.0863.